The minimum Gasteiger partial charge on any atom is -0.349 e. The molecule has 3 aromatic carbocycles. The van der Waals surface area contributed by atoms with E-state index in [4.69, 9.17) is 0 Å². The van der Waals surface area contributed by atoms with Crippen molar-refractivity contribution >= 4 is 23.6 Å². The fraction of sp³-hybridized carbons (Fsp3) is 0.450. The van der Waals surface area contributed by atoms with Gasteiger partial charge >= 0.3 is 0 Å². The van der Waals surface area contributed by atoms with Crippen LogP contribution in [0.5, 0.6) is 0 Å². The molecule has 0 aliphatic heterocycles. The lowest BCUT2D eigenvalue weighted by Gasteiger charge is -2.36. The van der Waals surface area contributed by atoms with Gasteiger partial charge in [0.15, 0.2) is 0 Å². The molecule has 2 amide bonds. The van der Waals surface area contributed by atoms with Gasteiger partial charge in [-0.2, -0.15) is 0 Å². The van der Waals surface area contributed by atoms with Gasteiger partial charge in [0, 0.05) is 31.7 Å². The van der Waals surface area contributed by atoms with Gasteiger partial charge in [0.2, 0.25) is 11.8 Å². The molecule has 0 unspecified atom stereocenters. The van der Waals surface area contributed by atoms with Crippen molar-refractivity contribution in [3.05, 3.63) is 120 Å². The van der Waals surface area contributed by atoms with E-state index in [0.29, 0.717) is 24.0 Å². The second-order valence-corrected chi connectivity index (χ2v) is 14.1. The predicted molar refractivity (Wildman–Crippen MR) is 192 cm³/mol. The average Bonchev–Trinajstić information content (AvgIpc) is 3.07. The van der Waals surface area contributed by atoms with Crippen molar-refractivity contribution < 1.29 is 9.59 Å². The summed E-state index contributed by atoms with van der Waals surface area (Å²) in [5.74, 6) is 2.19. The van der Waals surface area contributed by atoms with Crippen molar-refractivity contribution in [2.75, 3.05) is 19.3 Å². The van der Waals surface area contributed by atoms with E-state index in [0.717, 1.165) is 25.8 Å². The Labute approximate surface area is 277 Å². The Morgan fingerprint density at radius 3 is 1.78 bits per heavy atom. The summed E-state index contributed by atoms with van der Waals surface area (Å²) in [6.07, 6.45) is 5.23. The highest BCUT2D eigenvalue weighted by Crippen LogP contribution is 2.48. The SMILES string of the molecule is C=C[C@H](CSC(c1ccccc1)(c1ccccc1)c1ccccc1)NC(=O)C[C@@H](C)[C@H](C)C[C@H](C)CCN(C)C(=O)[C@H](C)CC. The molecule has 0 fully saturated rings. The Morgan fingerprint density at radius 2 is 1.33 bits per heavy atom. The molecule has 5 atom stereocenters. The monoisotopic (exact) mass is 626 g/mol. The maximum Gasteiger partial charge on any atom is 0.225 e. The van der Waals surface area contributed by atoms with Gasteiger partial charge in [0.1, 0.15) is 0 Å². The first-order valence-electron chi connectivity index (χ1n) is 16.6. The zero-order chi connectivity index (χ0) is 32.8. The topological polar surface area (TPSA) is 49.4 Å². The van der Waals surface area contributed by atoms with E-state index >= 15 is 0 Å². The largest absolute Gasteiger partial charge is 0.349 e. The molecule has 0 spiro atoms. The highest BCUT2D eigenvalue weighted by atomic mass is 32.2. The van der Waals surface area contributed by atoms with Crippen LogP contribution in [-0.4, -0.2) is 42.1 Å². The molecule has 0 heterocycles. The molecule has 3 rings (SSSR count). The number of thioether (sulfide) groups is 1. The molecule has 3 aromatic rings. The second-order valence-electron chi connectivity index (χ2n) is 12.9. The van der Waals surface area contributed by atoms with Gasteiger partial charge < -0.3 is 10.2 Å². The third-order valence-electron chi connectivity index (χ3n) is 9.27. The Hall–Kier alpha value is -3.31. The lowest BCUT2D eigenvalue weighted by molar-refractivity contribution is -0.134. The van der Waals surface area contributed by atoms with Crippen LogP contribution in [-0.2, 0) is 14.3 Å². The first-order valence-corrected chi connectivity index (χ1v) is 17.6. The number of hydrogen-bond acceptors (Lipinski definition) is 3. The molecule has 1 N–H and O–H groups in total. The van der Waals surface area contributed by atoms with Gasteiger partial charge in [-0.1, -0.05) is 132 Å². The highest BCUT2D eigenvalue weighted by Gasteiger charge is 2.37. The van der Waals surface area contributed by atoms with E-state index in [1.54, 1.807) is 0 Å². The van der Waals surface area contributed by atoms with Gasteiger partial charge in [0.25, 0.3) is 0 Å². The fourth-order valence-electron chi connectivity index (χ4n) is 5.97. The summed E-state index contributed by atoms with van der Waals surface area (Å²) in [6, 6.07) is 31.7. The van der Waals surface area contributed by atoms with Gasteiger partial charge in [-0.15, -0.1) is 18.3 Å². The number of amides is 2. The Kier molecular flexibility index (Phi) is 14.5. The molecule has 0 saturated carbocycles. The van der Waals surface area contributed by atoms with Gasteiger partial charge in [-0.25, -0.2) is 0 Å². The van der Waals surface area contributed by atoms with E-state index in [1.165, 1.54) is 16.7 Å². The molecule has 45 heavy (non-hydrogen) atoms. The van der Waals surface area contributed by atoms with Crippen LogP contribution in [0.25, 0.3) is 0 Å². The summed E-state index contributed by atoms with van der Waals surface area (Å²) >= 11 is 1.84. The van der Waals surface area contributed by atoms with Crippen LogP contribution >= 0.6 is 11.8 Å². The van der Waals surface area contributed by atoms with E-state index in [2.05, 4.69) is 131 Å². The van der Waals surface area contributed by atoms with Crippen LogP contribution in [0.1, 0.15) is 77.0 Å². The quantitative estimate of drug-likeness (QED) is 0.113. The van der Waals surface area contributed by atoms with Crippen molar-refractivity contribution in [1.82, 2.24) is 10.2 Å². The number of nitrogens with zero attached hydrogens (tertiary/aromatic N) is 1. The van der Waals surface area contributed by atoms with E-state index in [9.17, 15) is 9.59 Å². The molecule has 0 aromatic heterocycles. The second kappa shape index (κ2) is 18.0. The molecule has 5 heteroatoms. The van der Waals surface area contributed by atoms with E-state index < -0.39 is 4.75 Å². The van der Waals surface area contributed by atoms with Crippen molar-refractivity contribution in [2.45, 2.75) is 71.1 Å². The molecule has 4 nitrogen and oxygen atoms in total. The lowest BCUT2D eigenvalue weighted by Crippen LogP contribution is -2.38. The van der Waals surface area contributed by atoms with Crippen LogP contribution in [0.15, 0.2) is 104 Å². The maximum atomic E-state index is 13.3. The van der Waals surface area contributed by atoms with Crippen LogP contribution in [0.3, 0.4) is 0 Å². The summed E-state index contributed by atoms with van der Waals surface area (Å²) in [6.45, 7) is 15.6. The van der Waals surface area contributed by atoms with Crippen LogP contribution in [0, 0.1) is 23.7 Å². The van der Waals surface area contributed by atoms with Crippen molar-refractivity contribution in [2.24, 2.45) is 23.7 Å². The molecule has 0 radical (unpaired) electrons. The summed E-state index contributed by atoms with van der Waals surface area (Å²) in [7, 11) is 1.91. The van der Waals surface area contributed by atoms with Gasteiger partial charge in [-0.3, -0.25) is 9.59 Å². The van der Waals surface area contributed by atoms with E-state index in [1.807, 2.05) is 36.7 Å². The Morgan fingerprint density at radius 1 is 0.844 bits per heavy atom. The van der Waals surface area contributed by atoms with E-state index in [-0.39, 0.29) is 29.7 Å². The third-order valence-corrected chi connectivity index (χ3v) is 10.9. The van der Waals surface area contributed by atoms with Gasteiger partial charge in [0.05, 0.1) is 10.8 Å². The average molecular weight is 627 g/mol. The molecule has 0 aliphatic carbocycles. The number of carbonyl (C=O) groups is 2. The number of carbonyl (C=O) groups excluding carboxylic acids is 2. The number of rotatable bonds is 18. The Balaban J connectivity index is 1.64. The van der Waals surface area contributed by atoms with Crippen molar-refractivity contribution in [3.63, 3.8) is 0 Å². The summed E-state index contributed by atoms with van der Waals surface area (Å²) in [4.78, 5) is 27.6. The molecular formula is C40H54N2O2S. The standard InChI is InChI=1S/C40H54N2O2S/c1-8-31(4)39(44)42(7)26-25-30(3)27-32(5)33(6)28-38(43)41-37(9-2)29-45-40(34-19-13-10-14-20-34,35-21-15-11-16-22-35)36-23-17-12-18-24-36/h9-24,30-33,37H,2,8,25-29H2,1,3-7H3,(H,41,43)/t30-,31-,32-,33-,37-/m1/s1. The molecule has 0 saturated heterocycles. The summed E-state index contributed by atoms with van der Waals surface area (Å²) in [5, 5.41) is 3.28. The third kappa shape index (κ3) is 10.1. The molecule has 0 bridgehead atoms. The van der Waals surface area contributed by atoms with Crippen molar-refractivity contribution in [1.29, 1.82) is 0 Å². The Bertz CT molecular complexity index is 1220. The normalized spacial score (nSPS) is 14.9. The lowest BCUT2D eigenvalue weighted by atomic mass is 9.84. The number of benzene rings is 3. The van der Waals surface area contributed by atoms with Gasteiger partial charge in [-0.05, 0) is 53.7 Å². The smallest absolute Gasteiger partial charge is 0.225 e. The fourth-order valence-corrected chi connectivity index (χ4v) is 7.53. The first kappa shape index (κ1) is 36.2. The minimum atomic E-state index is -0.443. The predicted octanol–water partition coefficient (Wildman–Crippen LogP) is 8.97. The molecule has 242 valence electrons. The van der Waals surface area contributed by atoms with Crippen molar-refractivity contribution in [3.8, 4) is 0 Å². The van der Waals surface area contributed by atoms with Crippen LogP contribution < -0.4 is 5.32 Å². The summed E-state index contributed by atoms with van der Waals surface area (Å²) in [5.41, 5.74) is 3.61. The highest BCUT2D eigenvalue weighted by molar-refractivity contribution is 8.00. The summed E-state index contributed by atoms with van der Waals surface area (Å²) < 4.78 is -0.443. The minimum absolute atomic E-state index is 0.0659. The zero-order valence-electron chi connectivity index (χ0n) is 28.2. The molecule has 0 aliphatic rings. The van der Waals surface area contributed by atoms with Crippen LogP contribution in [0.4, 0.5) is 0 Å². The number of nitrogens with one attached hydrogen (secondary N) is 1. The number of hydrogen-bond donors (Lipinski definition) is 1. The zero-order valence-corrected chi connectivity index (χ0v) is 29.1. The maximum absolute atomic E-state index is 13.3. The molecular weight excluding hydrogens is 573 g/mol. The first-order chi connectivity index (χ1) is 21.6. The van der Waals surface area contributed by atoms with Crippen LogP contribution in [0.2, 0.25) is 0 Å².